The normalized spacial score (nSPS) is 13.9. The highest BCUT2D eigenvalue weighted by Gasteiger charge is 2.37. The molecule has 1 atom stereocenters. The molecule has 1 aromatic heterocycles. The molecule has 0 unspecified atom stereocenters. The highest BCUT2D eigenvalue weighted by molar-refractivity contribution is 6.18. The predicted molar refractivity (Wildman–Crippen MR) is 204 cm³/mol. The minimum Gasteiger partial charge on any atom is -0.480 e. The van der Waals surface area contributed by atoms with Crippen molar-refractivity contribution in [3.63, 3.8) is 0 Å². The molecule has 1 aliphatic rings. The molecule has 0 spiro atoms. The van der Waals surface area contributed by atoms with Crippen molar-refractivity contribution in [1.82, 2.24) is 24.9 Å². The number of carboxylic acid groups (broad SMARTS) is 1. The highest BCUT2D eigenvalue weighted by atomic mass is 19.1. The van der Waals surface area contributed by atoms with Crippen molar-refractivity contribution in [1.29, 1.82) is 0 Å². The van der Waals surface area contributed by atoms with Gasteiger partial charge in [0, 0.05) is 48.8 Å². The van der Waals surface area contributed by atoms with Crippen molar-refractivity contribution in [3.8, 4) is 0 Å². The molecule has 0 saturated heterocycles. The Balaban J connectivity index is 1.67. The van der Waals surface area contributed by atoms with Crippen LogP contribution in [0.1, 0.15) is 95.1 Å². The van der Waals surface area contributed by atoms with Gasteiger partial charge in [0.25, 0.3) is 5.91 Å². The van der Waals surface area contributed by atoms with E-state index >= 15 is 0 Å². The van der Waals surface area contributed by atoms with Crippen LogP contribution in [0.3, 0.4) is 0 Å². The number of carboxylic acids is 1. The number of fused-ring (bicyclic) bond motifs is 1. The summed E-state index contributed by atoms with van der Waals surface area (Å²) in [6, 6.07) is 9.78. The maximum absolute atomic E-state index is 14.0. The number of aromatic nitrogens is 2. The molecule has 0 fully saturated rings. The molecule has 57 heavy (non-hydrogen) atoms. The molecule has 3 aromatic rings. The van der Waals surface area contributed by atoms with E-state index in [2.05, 4.69) is 15.4 Å². The summed E-state index contributed by atoms with van der Waals surface area (Å²) < 4.78 is 31.4. The molecular weight excluding hydrogens is 743 g/mol. The maximum Gasteiger partial charge on any atom is 0.436 e. The number of hydrogen-bond acceptors (Lipinski definition) is 10. The third-order valence-corrected chi connectivity index (χ3v) is 7.83. The van der Waals surface area contributed by atoms with Crippen LogP contribution in [-0.4, -0.2) is 96.0 Å². The Morgan fingerprint density at radius 3 is 1.91 bits per heavy atom. The molecule has 306 valence electrons. The van der Waals surface area contributed by atoms with Crippen molar-refractivity contribution in [2.24, 2.45) is 4.99 Å². The topological polar surface area (TPSA) is 199 Å². The average molecular weight is 793 g/mol. The monoisotopic (exact) mass is 792 g/mol. The summed E-state index contributed by atoms with van der Waals surface area (Å²) >= 11 is 0. The van der Waals surface area contributed by atoms with Gasteiger partial charge < -0.3 is 29.5 Å². The second-order valence-corrected chi connectivity index (χ2v) is 16.3. The average Bonchev–Trinajstić information content (AvgIpc) is 3.47. The maximum atomic E-state index is 14.0. The van der Waals surface area contributed by atoms with Gasteiger partial charge in [-0.25, -0.2) is 18.8 Å². The minimum atomic E-state index is -1.19. The largest absolute Gasteiger partial charge is 0.480 e. The molecule has 16 nitrogen and oxygen atoms in total. The van der Waals surface area contributed by atoms with Gasteiger partial charge in [-0.2, -0.15) is 15.0 Å². The number of ether oxygens (including phenoxy) is 3. The molecule has 1 aliphatic heterocycles. The fraction of sp³-hybridized carbons (Fsp3) is 0.450. The Morgan fingerprint density at radius 1 is 0.842 bits per heavy atom. The van der Waals surface area contributed by atoms with Crippen LogP contribution >= 0.6 is 0 Å². The predicted octanol–water partition coefficient (Wildman–Crippen LogP) is 5.89. The van der Waals surface area contributed by atoms with Gasteiger partial charge in [-0.3, -0.25) is 19.1 Å². The number of nitrogens with zero attached hydrogens (tertiary/aromatic N) is 5. The lowest BCUT2D eigenvalue weighted by Gasteiger charge is -2.30. The lowest BCUT2D eigenvalue weighted by Crippen LogP contribution is -2.50. The quantitative estimate of drug-likeness (QED) is 0.157. The van der Waals surface area contributed by atoms with Gasteiger partial charge in [-0.15, -0.1) is 0 Å². The van der Waals surface area contributed by atoms with Crippen LogP contribution in [0.25, 0.3) is 0 Å². The van der Waals surface area contributed by atoms with Crippen LogP contribution in [-0.2, 0) is 49.7 Å². The number of imide groups is 1. The fourth-order valence-corrected chi connectivity index (χ4v) is 5.54. The van der Waals surface area contributed by atoms with Gasteiger partial charge >= 0.3 is 24.2 Å². The Bertz CT molecular complexity index is 1990. The number of hydrogen-bond donors (Lipinski definition) is 2. The van der Waals surface area contributed by atoms with Crippen molar-refractivity contribution in [3.05, 3.63) is 88.5 Å². The van der Waals surface area contributed by atoms with Crippen molar-refractivity contribution in [2.75, 3.05) is 6.54 Å². The van der Waals surface area contributed by atoms with Crippen molar-refractivity contribution >= 4 is 41.9 Å². The lowest BCUT2D eigenvalue weighted by molar-refractivity contribution is -0.138. The number of amides is 5. The van der Waals surface area contributed by atoms with Crippen LogP contribution in [0.2, 0.25) is 0 Å². The van der Waals surface area contributed by atoms with Crippen LogP contribution in [0, 0.1) is 5.82 Å². The van der Waals surface area contributed by atoms with E-state index in [4.69, 9.17) is 14.2 Å². The smallest absolute Gasteiger partial charge is 0.436 e. The fourth-order valence-electron chi connectivity index (χ4n) is 5.54. The summed E-state index contributed by atoms with van der Waals surface area (Å²) in [5, 5.41) is 16.3. The zero-order chi connectivity index (χ0) is 42.5. The molecule has 5 amide bonds. The summed E-state index contributed by atoms with van der Waals surface area (Å²) in [6.45, 7) is 14.4. The van der Waals surface area contributed by atoms with Gasteiger partial charge in [0.1, 0.15) is 35.2 Å². The zero-order valence-corrected chi connectivity index (χ0v) is 33.5. The summed E-state index contributed by atoms with van der Waals surface area (Å²) in [4.78, 5) is 85.2. The third-order valence-electron chi connectivity index (χ3n) is 7.83. The number of rotatable bonds is 8. The van der Waals surface area contributed by atoms with Gasteiger partial charge in [0.15, 0.2) is 5.84 Å². The molecule has 17 heteroatoms. The zero-order valence-electron chi connectivity index (χ0n) is 33.5. The van der Waals surface area contributed by atoms with E-state index < -0.39 is 70.6 Å². The molecular formula is C40H49FN6O10. The van der Waals surface area contributed by atoms with Crippen molar-refractivity contribution in [2.45, 2.75) is 111 Å². The Hall–Kier alpha value is -6.13. The van der Waals surface area contributed by atoms with Crippen molar-refractivity contribution < 1.29 is 52.5 Å². The molecule has 2 aromatic carbocycles. The van der Waals surface area contributed by atoms with Crippen LogP contribution in [0.5, 0.6) is 0 Å². The lowest BCUT2D eigenvalue weighted by atomic mass is 10.0. The first-order valence-corrected chi connectivity index (χ1v) is 18.2. The first-order chi connectivity index (χ1) is 26.4. The number of halogens is 1. The second kappa shape index (κ2) is 17.3. The summed E-state index contributed by atoms with van der Waals surface area (Å²) in [5.74, 6) is -3.14. The summed E-state index contributed by atoms with van der Waals surface area (Å²) in [5.41, 5.74) is -1.13. The van der Waals surface area contributed by atoms with Gasteiger partial charge in [0.2, 0.25) is 5.91 Å². The number of aliphatic imine (C=N–C) groups is 1. The molecule has 0 bridgehead atoms. The number of benzene rings is 2. The Labute approximate surface area is 330 Å². The molecule has 2 heterocycles. The molecule has 4 rings (SSSR count). The minimum absolute atomic E-state index is 0.0119. The first-order valence-electron chi connectivity index (χ1n) is 18.2. The molecule has 0 aliphatic carbocycles. The van der Waals surface area contributed by atoms with Crippen LogP contribution in [0.4, 0.5) is 18.8 Å². The van der Waals surface area contributed by atoms with E-state index in [0.29, 0.717) is 28.1 Å². The number of amidine groups is 1. The SMILES string of the molecule is CC(C)(C)OC(=O)N=C(c1ccc(C(=O)N[C@@H](Cc2ccc(F)cc2)C(=O)N2CCc3nn(CC(=O)O)cc3C2)cc1)N(C(=O)OC(C)(C)C)C(=O)OC(C)(C)C. The van der Waals surface area contributed by atoms with Gasteiger partial charge in [-0.05, 0) is 92.1 Å². The molecule has 0 saturated carbocycles. The third kappa shape index (κ3) is 13.0. The first kappa shape index (κ1) is 43.6. The number of aliphatic carboxylic acids is 1. The van der Waals surface area contributed by atoms with E-state index in [-0.39, 0.29) is 37.2 Å². The standard InChI is InChI=1S/C40H49FN6O10/c1-38(2,3)55-35(52)43-32(47(36(53)56-39(4,5)6)37(54)57-40(7,8)9)25-12-14-26(15-13-25)33(50)42-30(20-24-10-16-28(41)17-11-24)34(51)45-19-18-29-27(21-45)22-46(44-29)23-31(48)49/h10-17,22,30H,18-21,23H2,1-9H3,(H,42,50)(H,48,49)/t30-/m0/s1. The summed E-state index contributed by atoms with van der Waals surface area (Å²) in [7, 11) is 0. The van der Waals surface area contributed by atoms with E-state index in [9.17, 15) is 38.3 Å². The number of carbonyl (C=O) groups excluding carboxylic acids is 5. The summed E-state index contributed by atoms with van der Waals surface area (Å²) in [6.07, 6.45) is -1.56. The highest BCUT2D eigenvalue weighted by Crippen LogP contribution is 2.22. The Kier molecular flexibility index (Phi) is 13.3. The second-order valence-electron chi connectivity index (χ2n) is 16.3. The number of carbonyl (C=O) groups is 6. The molecule has 0 radical (unpaired) electrons. The van der Waals surface area contributed by atoms with E-state index in [0.717, 1.165) is 0 Å². The van der Waals surface area contributed by atoms with E-state index in [1.54, 1.807) is 68.5 Å². The van der Waals surface area contributed by atoms with Crippen LogP contribution < -0.4 is 5.32 Å². The van der Waals surface area contributed by atoms with Crippen LogP contribution in [0.15, 0.2) is 59.7 Å². The number of nitrogens with one attached hydrogen (secondary N) is 1. The van der Waals surface area contributed by atoms with E-state index in [1.165, 1.54) is 58.1 Å². The Morgan fingerprint density at radius 2 is 1.39 bits per heavy atom. The van der Waals surface area contributed by atoms with Gasteiger partial charge in [-0.1, -0.05) is 24.3 Å². The molecule has 2 N–H and O–H groups in total. The van der Waals surface area contributed by atoms with Gasteiger partial charge in [0.05, 0.1) is 5.69 Å². The van der Waals surface area contributed by atoms with E-state index in [1.807, 2.05) is 0 Å².